The molecule has 0 aliphatic carbocycles. The number of aryl methyl sites for hydroxylation is 1. The number of carbonyl (C=O) groups excluding carboxylic acids is 3. The topological polar surface area (TPSA) is 93.7 Å². The summed E-state index contributed by atoms with van der Waals surface area (Å²) in [5, 5.41) is 7.64. The molecule has 1 heterocycles. The zero-order valence-electron chi connectivity index (χ0n) is 17.4. The lowest BCUT2D eigenvalue weighted by atomic mass is 10.0. The van der Waals surface area contributed by atoms with E-state index in [1.807, 2.05) is 0 Å². The van der Waals surface area contributed by atoms with Gasteiger partial charge in [-0.1, -0.05) is 31.5 Å². The van der Waals surface area contributed by atoms with Crippen molar-refractivity contribution in [2.24, 2.45) is 5.92 Å². The zero-order valence-corrected chi connectivity index (χ0v) is 19.0. The lowest BCUT2D eigenvalue weighted by Gasteiger charge is -2.23. The predicted molar refractivity (Wildman–Crippen MR) is 117 cm³/mol. The number of hydrogen-bond acceptors (Lipinski definition) is 6. The number of benzene rings is 1. The number of hydrogen-bond donors (Lipinski definition) is 2. The Bertz CT molecular complexity index is 914. The zero-order chi connectivity index (χ0) is 22.4. The first-order valence-corrected chi connectivity index (χ1v) is 10.6. The number of anilines is 1. The Labute approximate surface area is 184 Å². The van der Waals surface area contributed by atoms with Crippen LogP contribution in [0.1, 0.15) is 36.0 Å². The van der Waals surface area contributed by atoms with Gasteiger partial charge in [-0.2, -0.15) is 0 Å². The summed E-state index contributed by atoms with van der Waals surface area (Å²) < 4.78 is 10.6. The maximum Gasteiger partial charge on any atom is 0.329 e. The van der Waals surface area contributed by atoms with Gasteiger partial charge in [0.25, 0.3) is 11.8 Å². The van der Waals surface area contributed by atoms with Crippen LogP contribution >= 0.6 is 22.9 Å². The van der Waals surface area contributed by atoms with E-state index in [2.05, 4.69) is 10.6 Å². The molecule has 1 aromatic carbocycles. The molecule has 7 nitrogen and oxygen atoms in total. The predicted octanol–water partition coefficient (Wildman–Crippen LogP) is 4.04. The third-order valence-corrected chi connectivity index (χ3v) is 5.63. The number of halogens is 1. The van der Waals surface area contributed by atoms with Gasteiger partial charge in [-0.3, -0.25) is 9.59 Å². The minimum Gasteiger partial charge on any atom is -0.495 e. The number of rotatable bonds is 8. The van der Waals surface area contributed by atoms with Gasteiger partial charge in [-0.25, -0.2) is 4.79 Å². The molecular weight excluding hydrogens is 428 g/mol. The van der Waals surface area contributed by atoms with Crippen LogP contribution in [0.15, 0.2) is 29.6 Å². The summed E-state index contributed by atoms with van der Waals surface area (Å²) in [6.45, 7) is 6.82. The van der Waals surface area contributed by atoms with Crippen LogP contribution in [0.5, 0.6) is 5.75 Å². The molecule has 2 rings (SSSR count). The number of esters is 1. The Morgan fingerprint density at radius 2 is 1.87 bits per heavy atom. The molecule has 1 aromatic heterocycles. The minimum absolute atomic E-state index is 0.226. The average Bonchev–Trinajstić information content (AvgIpc) is 3.22. The van der Waals surface area contributed by atoms with Crippen LogP contribution in [0.3, 0.4) is 0 Å². The fourth-order valence-corrected chi connectivity index (χ4v) is 3.36. The molecule has 162 valence electrons. The van der Waals surface area contributed by atoms with E-state index >= 15 is 0 Å². The molecule has 0 aliphatic heterocycles. The van der Waals surface area contributed by atoms with E-state index in [1.165, 1.54) is 25.4 Å². The van der Waals surface area contributed by atoms with Crippen LogP contribution < -0.4 is 15.4 Å². The van der Waals surface area contributed by atoms with Crippen molar-refractivity contribution in [3.8, 4) is 5.75 Å². The Hall–Kier alpha value is -2.58. The van der Waals surface area contributed by atoms with Crippen molar-refractivity contribution in [3.63, 3.8) is 0 Å². The molecule has 9 heteroatoms. The summed E-state index contributed by atoms with van der Waals surface area (Å²) in [7, 11) is 1.46. The quantitative estimate of drug-likeness (QED) is 0.589. The standard InChI is InChI=1S/C21H25ClN2O5S/c1-11(2)18(24-20(26)17-7-6-8-30-17)21(27)29-13(4)19(25)23-15-9-12(3)14(22)10-16(15)28-5/h6-11,13,18H,1-5H3,(H,23,25)(H,24,26). The molecule has 0 radical (unpaired) electrons. The summed E-state index contributed by atoms with van der Waals surface area (Å²) in [5.74, 6) is -1.41. The third kappa shape index (κ3) is 5.96. The first-order chi connectivity index (χ1) is 14.1. The normalized spacial score (nSPS) is 12.8. The lowest BCUT2D eigenvalue weighted by Crippen LogP contribution is -2.47. The van der Waals surface area contributed by atoms with Crippen molar-refractivity contribution in [2.75, 3.05) is 12.4 Å². The molecule has 2 amide bonds. The number of thiophene rings is 1. The Kier molecular flexibility index (Phi) is 8.25. The molecule has 0 saturated carbocycles. The van der Waals surface area contributed by atoms with Crippen molar-refractivity contribution in [2.45, 2.75) is 39.8 Å². The van der Waals surface area contributed by atoms with E-state index in [-0.39, 0.29) is 11.8 Å². The van der Waals surface area contributed by atoms with E-state index in [1.54, 1.807) is 50.4 Å². The van der Waals surface area contributed by atoms with Crippen molar-refractivity contribution in [1.29, 1.82) is 0 Å². The van der Waals surface area contributed by atoms with Gasteiger partial charge in [-0.05, 0) is 42.8 Å². The largest absolute Gasteiger partial charge is 0.495 e. The number of carbonyl (C=O) groups is 3. The summed E-state index contributed by atoms with van der Waals surface area (Å²) in [6.07, 6.45) is -1.09. The highest BCUT2D eigenvalue weighted by molar-refractivity contribution is 7.12. The molecule has 0 aliphatic rings. The van der Waals surface area contributed by atoms with Crippen molar-refractivity contribution < 1.29 is 23.9 Å². The highest BCUT2D eigenvalue weighted by Crippen LogP contribution is 2.31. The second-order valence-corrected chi connectivity index (χ2v) is 8.40. The molecule has 0 spiro atoms. The van der Waals surface area contributed by atoms with Crippen molar-refractivity contribution in [1.82, 2.24) is 5.32 Å². The molecule has 0 fully saturated rings. The van der Waals surface area contributed by atoms with Gasteiger partial charge >= 0.3 is 5.97 Å². The lowest BCUT2D eigenvalue weighted by molar-refractivity contribution is -0.156. The van der Waals surface area contributed by atoms with Crippen LogP contribution in [0.4, 0.5) is 5.69 Å². The molecule has 0 bridgehead atoms. The monoisotopic (exact) mass is 452 g/mol. The van der Waals surface area contributed by atoms with Gasteiger partial charge in [0.05, 0.1) is 17.7 Å². The molecular formula is C21H25ClN2O5S. The summed E-state index contributed by atoms with van der Waals surface area (Å²) in [5.41, 5.74) is 1.17. The number of nitrogens with one attached hydrogen (secondary N) is 2. The first-order valence-electron chi connectivity index (χ1n) is 9.33. The Morgan fingerprint density at radius 3 is 2.43 bits per heavy atom. The average molecular weight is 453 g/mol. The van der Waals surface area contributed by atoms with E-state index in [0.29, 0.717) is 21.3 Å². The second-order valence-electron chi connectivity index (χ2n) is 7.04. The van der Waals surface area contributed by atoms with Crippen molar-refractivity contribution >= 4 is 46.4 Å². The van der Waals surface area contributed by atoms with Crippen LogP contribution in [0.25, 0.3) is 0 Å². The molecule has 2 atom stereocenters. The van der Waals surface area contributed by atoms with Gasteiger partial charge in [0.15, 0.2) is 6.10 Å². The maximum atomic E-state index is 12.6. The molecule has 2 unspecified atom stereocenters. The first kappa shape index (κ1) is 23.7. The van der Waals surface area contributed by atoms with E-state index in [4.69, 9.17) is 21.1 Å². The molecule has 0 saturated heterocycles. The van der Waals surface area contributed by atoms with Crippen LogP contribution in [0.2, 0.25) is 5.02 Å². The van der Waals surface area contributed by atoms with Crippen LogP contribution in [-0.4, -0.2) is 37.0 Å². The second kappa shape index (κ2) is 10.4. The molecule has 2 N–H and O–H groups in total. The summed E-state index contributed by atoms with van der Waals surface area (Å²) in [4.78, 5) is 38.0. The van der Waals surface area contributed by atoms with Crippen LogP contribution in [-0.2, 0) is 14.3 Å². The van der Waals surface area contributed by atoms with Gasteiger partial charge in [0, 0.05) is 11.1 Å². The number of amides is 2. The van der Waals surface area contributed by atoms with E-state index < -0.39 is 24.0 Å². The Balaban J connectivity index is 2.04. The minimum atomic E-state index is -1.09. The van der Waals surface area contributed by atoms with Gasteiger partial charge in [0.1, 0.15) is 11.8 Å². The van der Waals surface area contributed by atoms with Crippen LogP contribution in [0, 0.1) is 12.8 Å². The van der Waals surface area contributed by atoms with Gasteiger partial charge in [0.2, 0.25) is 0 Å². The summed E-state index contributed by atoms with van der Waals surface area (Å²) in [6, 6.07) is 5.80. The number of methoxy groups -OCH3 is 1. The van der Waals surface area contributed by atoms with E-state index in [0.717, 1.165) is 5.56 Å². The smallest absolute Gasteiger partial charge is 0.329 e. The maximum absolute atomic E-state index is 12.6. The fraction of sp³-hybridized carbons (Fsp3) is 0.381. The fourth-order valence-electron chi connectivity index (χ4n) is 2.58. The number of ether oxygens (including phenoxy) is 2. The molecule has 2 aromatic rings. The highest BCUT2D eigenvalue weighted by Gasteiger charge is 2.29. The van der Waals surface area contributed by atoms with Gasteiger partial charge in [-0.15, -0.1) is 11.3 Å². The third-order valence-electron chi connectivity index (χ3n) is 4.35. The highest BCUT2D eigenvalue weighted by atomic mass is 35.5. The van der Waals surface area contributed by atoms with Gasteiger partial charge < -0.3 is 20.1 Å². The Morgan fingerprint density at radius 1 is 1.17 bits per heavy atom. The molecule has 30 heavy (non-hydrogen) atoms. The summed E-state index contributed by atoms with van der Waals surface area (Å²) >= 11 is 7.35. The SMILES string of the molecule is COc1cc(Cl)c(C)cc1NC(=O)C(C)OC(=O)C(NC(=O)c1cccs1)C(C)C. The van der Waals surface area contributed by atoms with Crippen molar-refractivity contribution in [3.05, 3.63) is 45.1 Å². The van der Waals surface area contributed by atoms with E-state index in [9.17, 15) is 14.4 Å².